The van der Waals surface area contributed by atoms with E-state index in [1.807, 2.05) is 56.0 Å². The summed E-state index contributed by atoms with van der Waals surface area (Å²) in [7, 11) is 0. The normalized spacial score (nSPS) is 25.7. The lowest BCUT2D eigenvalue weighted by molar-refractivity contribution is -0.0186. The average molecular weight is 590 g/mol. The number of amides is 3. The van der Waals surface area contributed by atoms with Crippen molar-refractivity contribution in [2.45, 2.75) is 95.7 Å². The van der Waals surface area contributed by atoms with Crippen molar-refractivity contribution in [1.82, 2.24) is 14.7 Å². The van der Waals surface area contributed by atoms with Gasteiger partial charge in [0.25, 0.3) is 11.8 Å². The van der Waals surface area contributed by atoms with Crippen molar-refractivity contribution in [3.05, 3.63) is 70.3 Å². The van der Waals surface area contributed by atoms with Crippen molar-refractivity contribution in [2.75, 3.05) is 26.3 Å². The molecule has 0 radical (unpaired) electrons. The van der Waals surface area contributed by atoms with Crippen molar-refractivity contribution >= 4 is 17.9 Å². The van der Waals surface area contributed by atoms with Crippen LogP contribution in [0.3, 0.4) is 0 Å². The van der Waals surface area contributed by atoms with Gasteiger partial charge in [-0.15, -0.1) is 0 Å². The number of benzene rings is 2. The van der Waals surface area contributed by atoms with Crippen molar-refractivity contribution in [3.63, 3.8) is 0 Å². The highest BCUT2D eigenvalue weighted by molar-refractivity contribution is 6.00. The van der Waals surface area contributed by atoms with Crippen LogP contribution >= 0.6 is 0 Å². The fourth-order valence-electron chi connectivity index (χ4n) is 7.22. The van der Waals surface area contributed by atoms with Gasteiger partial charge in [0, 0.05) is 36.7 Å². The van der Waals surface area contributed by atoms with Crippen LogP contribution in [0.2, 0.25) is 0 Å². The number of morpholine rings is 1. The molecular formula is C34H43N3O6. The van der Waals surface area contributed by atoms with E-state index in [1.165, 1.54) is 0 Å². The maximum Gasteiger partial charge on any atom is 0.410 e. The fraction of sp³-hybridized carbons (Fsp3) is 0.559. The van der Waals surface area contributed by atoms with Gasteiger partial charge in [-0.1, -0.05) is 31.2 Å². The predicted molar refractivity (Wildman–Crippen MR) is 161 cm³/mol. The molecule has 2 saturated heterocycles. The lowest BCUT2D eigenvalue weighted by Gasteiger charge is -2.42. The zero-order valence-corrected chi connectivity index (χ0v) is 25.6. The van der Waals surface area contributed by atoms with E-state index in [0.717, 1.165) is 36.0 Å². The Labute approximate surface area is 253 Å². The molecule has 2 aromatic carbocycles. The van der Waals surface area contributed by atoms with Crippen LogP contribution in [0, 0.1) is 0 Å². The van der Waals surface area contributed by atoms with Crippen LogP contribution in [0.4, 0.5) is 4.79 Å². The topological polar surface area (TPSA) is 99.6 Å². The maximum absolute atomic E-state index is 13.8. The van der Waals surface area contributed by atoms with Gasteiger partial charge in [0.15, 0.2) is 0 Å². The molecule has 43 heavy (non-hydrogen) atoms. The second kappa shape index (κ2) is 11.6. The summed E-state index contributed by atoms with van der Waals surface area (Å²) in [6.07, 6.45) is 1.75. The van der Waals surface area contributed by atoms with Gasteiger partial charge >= 0.3 is 6.09 Å². The number of ether oxygens (including phenoxy) is 2. The Bertz CT molecular complexity index is 1390. The molecule has 6 rings (SSSR count). The molecule has 0 aliphatic carbocycles. The summed E-state index contributed by atoms with van der Waals surface area (Å²) in [4.78, 5) is 45.9. The van der Waals surface area contributed by atoms with E-state index >= 15 is 0 Å². The van der Waals surface area contributed by atoms with Gasteiger partial charge < -0.3 is 24.4 Å². The number of nitrogens with zero attached hydrogens (tertiary/aromatic N) is 3. The van der Waals surface area contributed by atoms with E-state index in [4.69, 9.17) is 9.47 Å². The Hall–Kier alpha value is -3.43. The number of hydrogen-bond donors (Lipinski definition) is 1. The molecule has 4 aliphatic rings. The number of carbonyl (C=O) groups excluding carboxylic acids is 3. The standard InChI is InChI=1S/C34H43N3O6/c1-5-21-16-35(18-30(38)29-15-22-8-6-7-9-24(22)17-36(29)33(41)43-34(2,3)4)32(40)27-13-10-23(14-28(21)27)31(39)37-25-11-12-26(37)20-42-19-25/h6-10,13-14,21,25-26,29-30,38H,5,11-12,15-20H2,1-4H3/t21-,25+,26+,29+,30+/m1/s1. The SMILES string of the molecule is CC[C@@H]1CN(C[C@H](O)[C@@H]2Cc3ccccc3CN2C(=O)OC(C)(C)C)C(=O)c2ccc(C(=O)N3[C@H]4CC[C@H]3COC4)cc21. The molecule has 3 amide bonds. The molecule has 9 nitrogen and oxygen atoms in total. The van der Waals surface area contributed by atoms with Crippen LogP contribution in [0.1, 0.15) is 90.3 Å². The fourth-order valence-corrected chi connectivity index (χ4v) is 7.22. The first kappa shape index (κ1) is 29.6. The molecule has 9 heteroatoms. The van der Waals surface area contributed by atoms with Crippen LogP contribution < -0.4 is 0 Å². The summed E-state index contributed by atoms with van der Waals surface area (Å²) in [5.74, 6) is -0.120. The quantitative estimate of drug-likeness (QED) is 0.557. The number of aliphatic hydroxyl groups excluding tert-OH is 1. The number of rotatable bonds is 5. The number of aliphatic hydroxyl groups is 1. The van der Waals surface area contributed by atoms with E-state index in [9.17, 15) is 19.5 Å². The summed E-state index contributed by atoms with van der Waals surface area (Å²) in [6.45, 7) is 9.60. The Balaban J connectivity index is 1.22. The number of fused-ring (bicyclic) bond motifs is 4. The van der Waals surface area contributed by atoms with Crippen molar-refractivity contribution in [1.29, 1.82) is 0 Å². The van der Waals surface area contributed by atoms with Gasteiger partial charge in [-0.05, 0) is 81.3 Å². The third-order valence-corrected chi connectivity index (χ3v) is 9.43. The first-order valence-electron chi connectivity index (χ1n) is 15.6. The summed E-state index contributed by atoms with van der Waals surface area (Å²) in [5.41, 5.74) is 3.52. The number of hydrogen-bond acceptors (Lipinski definition) is 6. The number of carbonyl (C=O) groups is 3. The van der Waals surface area contributed by atoms with E-state index in [0.29, 0.717) is 43.9 Å². The van der Waals surface area contributed by atoms with Gasteiger partial charge in [0.05, 0.1) is 37.4 Å². The van der Waals surface area contributed by atoms with Gasteiger partial charge in [-0.2, -0.15) is 0 Å². The minimum Gasteiger partial charge on any atom is -0.444 e. The zero-order valence-electron chi connectivity index (χ0n) is 25.6. The van der Waals surface area contributed by atoms with Crippen LogP contribution in [0.5, 0.6) is 0 Å². The Morgan fingerprint density at radius 1 is 1.07 bits per heavy atom. The number of β-amino-alcohol motifs (C(OH)–C–C–N with tert-alkyl or cyclic N) is 1. The molecule has 5 atom stereocenters. The molecule has 0 spiro atoms. The average Bonchev–Trinajstić information content (AvgIpc) is 3.23. The minimum absolute atomic E-state index is 0.0126. The molecule has 230 valence electrons. The lowest BCUT2D eigenvalue weighted by atomic mass is 9.85. The van der Waals surface area contributed by atoms with E-state index in [1.54, 1.807) is 21.9 Å². The molecule has 4 aliphatic heterocycles. The molecule has 0 aromatic heterocycles. The molecule has 0 saturated carbocycles. The second-order valence-corrected chi connectivity index (χ2v) is 13.5. The first-order chi connectivity index (χ1) is 20.5. The molecule has 2 fully saturated rings. The van der Waals surface area contributed by atoms with Crippen molar-refractivity contribution in [2.24, 2.45) is 0 Å². The largest absolute Gasteiger partial charge is 0.444 e. The summed E-state index contributed by atoms with van der Waals surface area (Å²) < 4.78 is 11.4. The van der Waals surface area contributed by atoms with E-state index < -0.39 is 23.8 Å². The lowest BCUT2D eigenvalue weighted by Crippen LogP contribution is -2.55. The van der Waals surface area contributed by atoms with Gasteiger partial charge in [0.2, 0.25) is 0 Å². The molecule has 2 aromatic rings. The summed E-state index contributed by atoms with van der Waals surface area (Å²) in [5, 5.41) is 11.6. The third kappa shape index (κ3) is 5.77. The smallest absolute Gasteiger partial charge is 0.410 e. The highest BCUT2D eigenvalue weighted by Gasteiger charge is 2.42. The Morgan fingerprint density at radius 3 is 2.44 bits per heavy atom. The monoisotopic (exact) mass is 589 g/mol. The van der Waals surface area contributed by atoms with Crippen molar-refractivity contribution < 1.29 is 29.0 Å². The summed E-state index contributed by atoms with van der Waals surface area (Å²) in [6, 6.07) is 13.1. The minimum atomic E-state index is -0.971. The molecule has 1 N–H and O–H groups in total. The molecule has 4 heterocycles. The zero-order chi connectivity index (χ0) is 30.5. The van der Waals surface area contributed by atoms with E-state index in [-0.39, 0.29) is 36.4 Å². The van der Waals surface area contributed by atoms with Gasteiger partial charge in [0.1, 0.15) is 5.60 Å². The van der Waals surface area contributed by atoms with E-state index in [2.05, 4.69) is 6.92 Å². The van der Waals surface area contributed by atoms with Crippen molar-refractivity contribution in [3.8, 4) is 0 Å². The van der Waals surface area contributed by atoms with Crippen LogP contribution in [-0.4, -0.2) is 93.8 Å². The van der Waals surface area contributed by atoms with Gasteiger partial charge in [-0.25, -0.2) is 4.79 Å². The second-order valence-electron chi connectivity index (χ2n) is 13.5. The Kier molecular flexibility index (Phi) is 7.98. The highest BCUT2D eigenvalue weighted by Crippen LogP contribution is 2.35. The maximum atomic E-state index is 13.8. The predicted octanol–water partition coefficient (Wildman–Crippen LogP) is 4.36. The van der Waals surface area contributed by atoms with Crippen LogP contribution in [-0.2, 0) is 22.4 Å². The van der Waals surface area contributed by atoms with Crippen LogP contribution in [0.15, 0.2) is 42.5 Å². The molecular weight excluding hydrogens is 546 g/mol. The Morgan fingerprint density at radius 2 is 1.77 bits per heavy atom. The van der Waals surface area contributed by atoms with Gasteiger partial charge in [-0.3, -0.25) is 14.5 Å². The van der Waals surface area contributed by atoms with Crippen LogP contribution in [0.25, 0.3) is 0 Å². The third-order valence-electron chi connectivity index (χ3n) is 9.43. The highest BCUT2D eigenvalue weighted by atomic mass is 16.6. The molecule has 0 unspecified atom stereocenters. The molecule has 2 bridgehead atoms. The first-order valence-corrected chi connectivity index (χ1v) is 15.6. The summed E-state index contributed by atoms with van der Waals surface area (Å²) >= 11 is 0.